The van der Waals surface area contributed by atoms with Gasteiger partial charge in [0.05, 0.1) is 11.4 Å². The highest BCUT2D eigenvalue weighted by Gasteiger charge is 2.28. The van der Waals surface area contributed by atoms with Crippen LogP contribution in [0.5, 0.6) is 0 Å². The van der Waals surface area contributed by atoms with Crippen molar-refractivity contribution in [3.63, 3.8) is 0 Å². The Morgan fingerprint density at radius 2 is 1.82 bits per heavy atom. The molecule has 1 aliphatic heterocycles. The third-order valence-corrected chi connectivity index (χ3v) is 7.47. The number of rotatable bonds is 5. The minimum atomic E-state index is -1.24. The number of anilines is 2. The van der Waals surface area contributed by atoms with Gasteiger partial charge in [-0.2, -0.15) is 5.10 Å². The molecule has 1 aliphatic carbocycles. The number of aliphatic hydroxyl groups excluding tert-OH is 1. The van der Waals surface area contributed by atoms with Crippen molar-refractivity contribution in [1.29, 1.82) is 0 Å². The summed E-state index contributed by atoms with van der Waals surface area (Å²) in [4.78, 5) is 22.2. The fourth-order valence-electron chi connectivity index (χ4n) is 5.32. The molecule has 9 nitrogen and oxygen atoms in total. The number of aliphatic hydroxyl groups is 1. The summed E-state index contributed by atoms with van der Waals surface area (Å²) in [6.45, 7) is 3.63. The van der Waals surface area contributed by atoms with Gasteiger partial charge in [-0.05, 0) is 74.0 Å². The number of halogens is 1. The predicted octanol–water partition coefficient (Wildman–Crippen LogP) is 3.13. The Balaban J connectivity index is 1.32. The molecule has 1 atom stereocenters. The molecule has 4 N–H and O–H groups in total. The summed E-state index contributed by atoms with van der Waals surface area (Å²) in [6, 6.07) is 15.4. The van der Waals surface area contributed by atoms with Crippen LogP contribution in [0.2, 0.25) is 0 Å². The molecular formula is C29H30FN7O2. The van der Waals surface area contributed by atoms with Gasteiger partial charge in [-0.3, -0.25) is 4.79 Å². The van der Waals surface area contributed by atoms with Crippen LogP contribution in [0.4, 0.5) is 15.9 Å². The number of hydrogen-bond acceptors (Lipinski definition) is 7. The first kappa shape index (κ1) is 25.2. The van der Waals surface area contributed by atoms with E-state index in [4.69, 9.17) is 5.73 Å². The second kappa shape index (κ2) is 10.2. The van der Waals surface area contributed by atoms with Gasteiger partial charge in [0, 0.05) is 54.8 Å². The maximum Gasteiger partial charge on any atom is 0.255 e. The van der Waals surface area contributed by atoms with Gasteiger partial charge in [0.25, 0.3) is 5.91 Å². The number of carbonyl (C=O) groups is 1. The Bertz CT molecular complexity index is 1530. The fraction of sp³-hybridized carbons (Fsp3) is 0.276. The standard InChI is InChI=1S/C29H30FN7O2/c1-35-12-14-36(15-13-35)25-16-19(10-11-32-25)29(39)33-21-6-2-18-3-9-23-26(28(31)38)34-37(27(23)24(18)17-21)22-7-4-20(30)5-8-22/h2,4-8,10-11,16-17,28,38H,3,9,12-15,31H2,1H3,(H,33,39). The summed E-state index contributed by atoms with van der Waals surface area (Å²) >= 11 is 0. The van der Waals surface area contributed by atoms with Crippen LogP contribution in [0.3, 0.4) is 0 Å². The number of benzene rings is 2. The molecule has 2 aromatic carbocycles. The topological polar surface area (TPSA) is 113 Å². The fourth-order valence-corrected chi connectivity index (χ4v) is 5.32. The first-order valence-corrected chi connectivity index (χ1v) is 13.0. The normalized spacial score (nSPS) is 15.9. The van der Waals surface area contributed by atoms with Crippen molar-refractivity contribution in [2.75, 3.05) is 43.4 Å². The first-order valence-electron chi connectivity index (χ1n) is 13.0. The van der Waals surface area contributed by atoms with Crippen LogP contribution < -0.4 is 16.0 Å². The Hall–Kier alpha value is -4.12. The van der Waals surface area contributed by atoms with Gasteiger partial charge in [-0.1, -0.05) is 6.07 Å². The average Bonchev–Trinajstić information content (AvgIpc) is 3.35. The van der Waals surface area contributed by atoms with Gasteiger partial charge in [-0.15, -0.1) is 0 Å². The number of piperazine rings is 1. The van der Waals surface area contributed by atoms with Crippen molar-refractivity contribution in [3.8, 4) is 16.9 Å². The van der Waals surface area contributed by atoms with Gasteiger partial charge < -0.3 is 26.0 Å². The Kier molecular flexibility index (Phi) is 6.59. The maximum atomic E-state index is 13.6. The Morgan fingerprint density at radius 3 is 2.56 bits per heavy atom. The van der Waals surface area contributed by atoms with Gasteiger partial charge in [0.2, 0.25) is 0 Å². The number of carbonyl (C=O) groups excluding carboxylic acids is 1. The van der Waals surface area contributed by atoms with E-state index in [1.165, 1.54) is 12.1 Å². The van der Waals surface area contributed by atoms with E-state index in [2.05, 4.69) is 32.2 Å². The quantitative estimate of drug-likeness (QED) is 0.342. The number of nitrogens with zero attached hydrogens (tertiary/aromatic N) is 5. The number of aromatic nitrogens is 3. The lowest BCUT2D eigenvalue weighted by Crippen LogP contribution is -2.44. The molecule has 1 amide bonds. The summed E-state index contributed by atoms with van der Waals surface area (Å²) in [5, 5.41) is 17.9. The van der Waals surface area contributed by atoms with Crippen LogP contribution in [0, 0.1) is 5.82 Å². The van der Waals surface area contributed by atoms with Crippen molar-refractivity contribution < 1.29 is 14.3 Å². The van der Waals surface area contributed by atoms with Crippen molar-refractivity contribution >= 4 is 17.4 Å². The molecule has 0 spiro atoms. The molecule has 0 bridgehead atoms. The summed E-state index contributed by atoms with van der Waals surface area (Å²) in [7, 11) is 2.10. The van der Waals surface area contributed by atoms with Crippen LogP contribution in [0.25, 0.3) is 16.9 Å². The second-order valence-electron chi connectivity index (χ2n) is 10.1. The van der Waals surface area contributed by atoms with E-state index in [-0.39, 0.29) is 11.7 Å². The van der Waals surface area contributed by atoms with Crippen LogP contribution in [-0.2, 0) is 12.8 Å². The maximum absolute atomic E-state index is 13.6. The molecule has 2 aliphatic rings. The largest absolute Gasteiger partial charge is 0.373 e. The predicted molar refractivity (Wildman–Crippen MR) is 147 cm³/mol. The zero-order valence-corrected chi connectivity index (χ0v) is 21.6. The summed E-state index contributed by atoms with van der Waals surface area (Å²) in [5.74, 6) is 0.215. The second-order valence-corrected chi connectivity index (χ2v) is 10.1. The third-order valence-electron chi connectivity index (χ3n) is 7.47. The number of aryl methyl sites for hydroxylation is 1. The van der Waals surface area contributed by atoms with E-state index in [9.17, 15) is 14.3 Å². The molecule has 1 fully saturated rings. The number of nitrogens with two attached hydrogens (primary N) is 1. The number of pyridine rings is 1. The lowest BCUT2D eigenvalue weighted by molar-refractivity contribution is 0.102. The molecule has 0 saturated carbocycles. The van der Waals surface area contributed by atoms with E-state index in [0.29, 0.717) is 29.1 Å². The Morgan fingerprint density at radius 1 is 1.05 bits per heavy atom. The van der Waals surface area contributed by atoms with Crippen LogP contribution in [0.1, 0.15) is 33.4 Å². The van der Waals surface area contributed by atoms with E-state index in [0.717, 1.165) is 60.8 Å². The molecule has 1 unspecified atom stereocenters. The zero-order valence-electron chi connectivity index (χ0n) is 21.6. The Labute approximate surface area is 225 Å². The number of nitrogens with one attached hydrogen (secondary N) is 1. The van der Waals surface area contributed by atoms with Crippen molar-refractivity contribution in [2.45, 2.75) is 19.1 Å². The zero-order chi connectivity index (χ0) is 27.1. The summed E-state index contributed by atoms with van der Waals surface area (Å²) in [5.41, 5.74) is 11.6. The molecule has 2 aromatic heterocycles. The molecule has 3 heterocycles. The molecular weight excluding hydrogens is 497 g/mol. The highest BCUT2D eigenvalue weighted by molar-refractivity contribution is 6.05. The minimum absolute atomic E-state index is 0.228. The van der Waals surface area contributed by atoms with E-state index < -0.39 is 6.23 Å². The van der Waals surface area contributed by atoms with Crippen LogP contribution >= 0.6 is 0 Å². The van der Waals surface area contributed by atoms with Gasteiger partial charge in [0.1, 0.15) is 23.6 Å². The summed E-state index contributed by atoms with van der Waals surface area (Å²) in [6.07, 6.45) is 1.82. The molecule has 6 rings (SSSR count). The number of fused-ring (bicyclic) bond motifs is 3. The van der Waals surface area contributed by atoms with Gasteiger partial charge in [0.15, 0.2) is 0 Å². The van der Waals surface area contributed by atoms with E-state index in [1.54, 1.807) is 29.1 Å². The van der Waals surface area contributed by atoms with E-state index >= 15 is 0 Å². The van der Waals surface area contributed by atoms with Gasteiger partial charge >= 0.3 is 0 Å². The number of likely N-dealkylation sites (N-methyl/N-ethyl adjacent to an activating group) is 1. The van der Waals surface area contributed by atoms with Crippen molar-refractivity contribution in [1.82, 2.24) is 19.7 Å². The smallest absolute Gasteiger partial charge is 0.255 e. The monoisotopic (exact) mass is 527 g/mol. The highest BCUT2D eigenvalue weighted by atomic mass is 19.1. The molecule has 10 heteroatoms. The minimum Gasteiger partial charge on any atom is -0.373 e. The number of hydrogen-bond donors (Lipinski definition) is 3. The van der Waals surface area contributed by atoms with Crippen molar-refractivity contribution in [2.24, 2.45) is 5.73 Å². The lowest BCUT2D eigenvalue weighted by atomic mass is 9.88. The van der Waals surface area contributed by atoms with E-state index in [1.807, 2.05) is 24.3 Å². The SMILES string of the molecule is CN1CCN(c2cc(C(=O)Nc3ccc4c(c3)-c3c(c(C(N)O)nn3-c3ccc(F)cc3)CC4)ccn2)CC1. The van der Waals surface area contributed by atoms with Crippen LogP contribution in [-0.4, -0.2) is 63.9 Å². The van der Waals surface area contributed by atoms with Crippen LogP contribution in [0.15, 0.2) is 60.8 Å². The van der Waals surface area contributed by atoms with Gasteiger partial charge in [-0.25, -0.2) is 14.1 Å². The average molecular weight is 528 g/mol. The lowest BCUT2D eigenvalue weighted by Gasteiger charge is -2.33. The van der Waals surface area contributed by atoms with Crippen molar-refractivity contribution in [3.05, 3.63) is 89.0 Å². The molecule has 0 radical (unpaired) electrons. The molecule has 1 saturated heterocycles. The molecule has 200 valence electrons. The molecule has 39 heavy (non-hydrogen) atoms. The summed E-state index contributed by atoms with van der Waals surface area (Å²) < 4.78 is 15.3. The highest BCUT2D eigenvalue weighted by Crippen LogP contribution is 2.39. The number of amides is 1. The molecule has 4 aromatic rings. The first-order chi connectivity index (χ1) is 18.9. The third kappa shape index (κ3) is 4.89.